The van der Waals surface area contributed by atoms with Crippen LogP contribution >= 0.6 is 23.4 Å². The van der Waals surface area contributed by atoms with Gasteiger partial charge in [-0.25, -0.2) is 0 Å². The SMILES string of the molecule is NC(=NN=Cc1ccc2nccc(Cl)c2c1)SCc1ccccc1. The molecule has 3 aromatic rings. The van der Waals surface area contributed by atoms with Gasteiger partial charge in [0, 0.05) is 17.3 Å². The Morgan fingerprint density at radius 2 is 2.00 bits per heavy atom. The van der Waals surface area contributed by atoms with Crippen molar-refractivity contribution in [1.82, 2.24) is 4.98 Å². The van der Waals surface area contributed by atoms with Crippen molar-refractivity contribution in [1.29, 1.82) is 0 Å². The first-order valence-corrected chi connectivity index (χ1v) is 8.66. The molecule has 0 saturated carbocycles. The second-order valence-corrected chi connectivity index (χ2v) is 6.43. The van der Waals surface area contributed by atoms with E-state index < -0.39 is 0 Å². The smallest absolute Gasteiger partial charge is 0.180 e. The number of hydrogen-bond donors (Lipinski definition) is 1. The number of hydrogen-bond acceptors (Lipinski definition) is 4. The molecule has 0 atom stereocenters. The Bertz CT molecular complexity index is 894. The molecule has 1 aromatic heterocycles. The number of halogens is 1. The number of amidine groups is 1. The molecule has 0 radical (unpaired) electrons. The molecule has 0 amide bonds. The van der Waals surface area contributed by atoms with Gasteiger partial charge in [0.25, 0.3) is 0 Å². The average Bonchev–Trinajstić information content (AvgIpc) is 2.61. The predicted molar refractivity (Wildman–Crippen MR) is 104 cm³/mol. The van der Waals surface area contributed by atoms with Gasteiger partial charge in [-0.3, -0.25) is 4.98 Å². The van der Waals surface area contributed by atoms with Crippen molar-refractivity contribution in [3.8, 4) is 0 Å². The van der Waals surface area contributed by atoms with Crippen LogP contribution in [0, 0.1) is 0 Å². The van der Waals surface area contributed by atoms with Gasteiger partial charge in [-0.2, -0.15) is 5.10 Å². The summed E-state index contributed by atoms with van der Waals surface area (Å²) in [6.45, 7) is 0. The summed E-state index contributed by atoms with van der Waals surface area (Å²) in [5.74, 6) is 0.767. The minimum atomic E-state index is 0.426. The third kappa shape index (κ3) is 4.34. The number of aromatic nitrogens is 1. The molecule has 0 spiro atoms. The molecule has 0 aliphatic carbocycles. The monoisotopic (exact) mass is 354 g/mol. The van der Waals surface area contributed by atoms with Crippen LogP contribution in [-0.2, 0) is 5.75 Å². The van der Waals surface area contributed by atoms with Gasteiger partial charge in [0.1, 0.15) is 0 Å². The van der Waals surface area contributed by atoms with Crippen LogP contribution in [0.3, 0.4) is 0 Å². The minimum absolute atomic E-state index is 0.426. The Hall–Kier alpha value is -2.37. The van der Waals surface area contributed by atoms with E-state index in [9.17, 15) is 0 Å². The van der Waals surface area contributed by atoms with Crippen LogP contribution in [-0.4, -0.2) is 16.4 Å². The maximum Gasteiger partial charge on any atom is 0.180 e. The van der Waals surface area contributed by atoms with Crippen LogP contribution < -0.4 is 5.73 Å². The summed E-state index contributed by atoms with van der Waals surface area (Å²) in [7, 11) is 0. The Morgan fingerprint density at radius 1 is 1.17 bits per heavy atom. The van der Waals surface area contributed by atoms with Crippen molar-refractivity contribution < 1.29 is 0 Å². The molecule has 0 aliphatic rings. The van der Waals surface area contributed by atoms with Crippen LogP contribution in [0.1, 0.15) is 11.1 Å². The first-order chi connectivity index (χ1) is 11.7. The van der Waals surface area contributed by atoms with Gasteiger partial charge in [0.2, 0.25) is 0 Å². The first-order valence-electron chi connectivity index (χ1n) is 7.30. The van der Waals surface area contributed by atoms with E-state index in [2.05, 4.69) is 27.3 Å². The highest BCUT2D eigenvalue weighted by molar-refractivity contribution is 8.13. The van der Waals surface area contributed by atoms with E-state index in [1.807, 2.05) is 36.4 Å². The lowest BCUT2D eigenvalue weighted by Gasteiger charge is -2.00. The third-order valence-electron chi connectivity index (χ3n) is 3.31. The molecule has 1 heterocycles. The fraction of sp³-hybridized carbons (Fsp3) is 0.0556. The predicted octanol–water partition coefficient (Wildman–Crippen LogP) is 4.47. The van der Waals surface area contributed by atoms with Crippen LogP contribution in [0.4, 0.5) is 0 Å². The van der Waals surface area contributed by atoms with Crippen LogP contribution in [0.15, 0.2) is 71.0 Å². The minimum Gasteiger partial charge on any atom is -0.377 e. The lowest BCUT2D eigenvalue weighted by Crippen LogP contribution is -2.05. The topological polar surface area (TPSA) is 63.6 Å². The lowest BCUT2D eigenvalue weighted by molar-refractivity contribution is 1.25. The van der Waals surface area contributed by atoms with Crippen molar-refractivity contribution in [2.45, 2.75) is 5.75 Å². The van der Waals surface area contributed by atoms with Crippen LogP contribution in [0.5, 0.6) is 0 Å². The number of rotatable bonds is 4. The van der Waals surface area contributed by atoms with E-state index in [0.29, 0.717) is 10.2 Å². The Kier molecular flexibility index (Phi) is 5.46. The summed E-state index contributed by atoms with van der Waals surface area (Å²) in [6.07, 6.45) is 3.34. The molecule has 2 N–H and O–H groups in total. The molecular formula is C18H15ClN4S. The first kappa shape index (κ1) is 16.5. The number of nitrogens with two attached hydrogens (primary N) is 1. The average molecular weight is 355 g/mol. The van der Waals surface area contributed by atoms with E-state index in [-0.39, 0.29) is 0 Å². The molecule has 3 rings (SSSR count). The molecule has 4 nitrogen and oxygen atoms in total. The molecule has 0 saturated heterocycles. The third-order valence-corrected chi connectivity index (χ3v) is 4.49. The van der Waals surface area contributed by atoms with Gasteiger partial charge in [-0.1, -0.05) is 59.8 Å². The zero-order chi connectivity index (χ0) is 16.8. The fourth-order valence-corrected chi connectivity index (χ4v) is 2.94. The summed E-state index contributed by atoms with van der Waals surface area (Å²) < 4.78 is 0. The fourth-order valence-electron chi connectivity index (χ4n) is 2.12. The van der Waals surface area contributed by atoms with Crippen LogP contribution in [0.2, 0.25) is 5.02 Å². The van der Waals surface area contributed by atoms with Gasteiger partial charge in [-0.15, -0.1) is 5.10 Å². The summed E-state index contributed by atoms with van der Waals surface area (Å²) in [4.78, 5) is 4.26. The van der Waals surface area contributed by atoms with Crippen molar-refractivity contribution >= 4 is 45.6 Å². The van der Waals surface area contributed by atoms with E-state index in [4.69, 9.17) is 17.3 Å². The zero-order valence-electron chi connectivity index (χ0n) is 12.8. The quantitative estimate of drug-likeness (QED) is 0.427. The number of thioether (sulfide) groups is 1. The Morgan fingerprint density at radius 3 is 2.83 bits per heavy atom. The van der Waals surface area contributed by atoms with E-state index >= 15 is 0 Å². The summed E-state index contributed by atoms with van der Waals surface area (Å²) in [6, 6.07) is 17.6. The van der Waals surface area contributed by atoms with Crippen molar-refractivity contribution in [3.63, 3.8) is 0 Å². The standard InChI is InChI=1S/C18H15ClN4S/c19-16-8-9-21-17-7-6-14(10-15(16)17)11-22-23-18(20)24-12-13-4-2-1-3-5-13/h1-11H,12H2,(H2,20,23). The van der Waals surface area contributed by atoms with Gasteiger partial charge in [0.15, 0.2) is 5.17 Å². The summed E-state index contributed by atoms with van der Waals surface area (Å²) in [5, 5.41) is 10.0. The lowest BCUT2D eigenvalue weighted by atomic mass is 10.1. The summed E-state index contributed by atoms with van der Waals surface area (Å²) in [5.41, 5.74) is 8.80. The Balaban J connectivity index is 1.65. The van der Waals surface area contributed by atoms with Crippen molar-refractivity contribution in [3.05, 3.63) is 76.9 Å². The maximum atomic E-state index is 6.18. The van der Waals surface area contributed by atoms with Crippen molar-refractivity contribution in [2.24, 2.45) is 15.9 Å². The molecule has 24 heavy (non-hydrogen) atoms. The summed E-state index contributed by atoms with van der Waals surface area (Å²) >= 11 is 7.63. The second-order valence-electron chi connectivity index (χ2n) is 5.03. The molecular weight excluding hydrogens is 340 g/mol. The molecule has 6 heteroatoms. The van der Waals surface area contributed by atoms with Gasteiger partial charge in [0.05, 0.1) is 16.8 Å². The molecule has 2 aromatic carbocycles. The molecule has 120 valence electrons. The molecule has 0 aliphatic heterocycles. The number of fused-ring (bicyclic) bond motifs is 1. The maximum absolute atomic E-state index is 6.18. The van der Waals surface area contributed by atoms with Gasteiger partial charge in [-0.05, 0) is 29.3 Å². The van der Waals surface area contributed by atoms with Crippen LogP contribution in [0.25, 0.3) is 10.9 Å². The number of pyridine rings is 1. The molecule has 0 unspecified atom stereocenters. The highest BCUT2D eigenvalue weighted by atomic mass is 35.5. The van der Waals surface area contributed by atoms with Gasteiger partial charge >= 0.3 is 0 Å². The normalized spacial score (nSPS) is 12.1. The van der Waals surface area contributed by atoms with Gasteiger partial charge < -0.3 is 5.73 Å². The van der Waals surface area contributed by atoms with E-state index in [0.717, 1.165) is 22.2 Å². The Labute approximate surface area is 149 Å². The van der Waals surface area contributed by atoms with Crippen molar-refractivity contribution in [2.75, 3.05) is 0 Å². The highest BCUT2D eigenvalue weighted by Crippen LogP contribution is 2.22. The molecule has 0 bridgehead atoms. The number of nitrogens with zero attached hydrogens (tertiary/aromatic N) is 3. The zero-order valence-corrected chi connectivity index (χ0v) is 14.3. The largest absolute Gasteiger partial charge is 0.377 e. The van der Waals surface area contributed by atoms with E-state index in [1.54, 1.807) is 18.5 Å². The highest BCUT2D eigenvalue weighted by Gasteiger charge is 2.00. The second kappa shape index (κ2) is 7.95. The number of benzene rings is 2. The van der Waals surface area contributed by atoms with E-state index in [1.165, 1.54) is 17.3 Å². The molecule has 0 fully saturated rings.